The van der Waals surface area contributed by atoms with Gasteiger partial charge in [-0.25, -0.2) is 4.39 Å². The quantitative estimate of drug-likeness (QED) is 0.839. The lowest BCUT2D eigenvalue weighted by Crippen LogP contribution is -2.17. The van der Waals surface area contributed by atoms with Gasteiger partial charge in [0.05, 0.1) is 6.10 Å². The Morgan fingerprint density at radius 1 is 1.38 bits per heavy atom. The second kappa shape index (κ2) is 5.82. The maximum atomic E-state index is 13.0. The third kappa shape index (κ3) is 3.47. The van der Waals surface area contributed by atoms with E-state index in [0.717, 1.165) is 0 Å². The number of ether oxygens (including phenoxy) is 2. The van der Waals surface area contributed by atoms with Crippen LogP contribution in [0, 0.1) is 5.82 Å². The van der Waals surface area contributed by atoms with Crippen molar-refractivity contribution in [3.63, 3.8) is 0 Å². The van der Waals surface area contributed by atoms with E-state index in [-0.39, 0.29) is 18.0 Å². The zero-order chi connectivity index (χ0) is 12.1. The molecule has 0 aliphatic carbocycles. The van der Waals surface area contributed by atoms with Crippen LogP contribution < -0.4 is 10.5 Å². The molecule has 0 heterocycles. The molecule has 1 aromatic rings. The average molecular weight is 227 g/mol. The van der Waals surface area contributed by atoms with Crippen LogP contribution in [0.5, 0.6) is 5.75 Å². The van der Waals surface area contributed by atoms with Crippen LogP contribution in [0.2, 0.25) is 0 Å². The summed E-state index contributed by atoms with van der Waals surface area (Å²) in [5.41, 5.74) is 6.41. The summed E-state index contributed by atoms with van der Waals surface area (Å²) in [4.78, 5) is 0. The predicted octanol–water partition coefficient (Wildman–Crippen LogP) is 2.26. The Morgan fingerprint density at radius 2 is 2.06 bits per heavy atom. The minimum Gasteiger partial charge on any atom is -0.491 e. The van der Waals surface area contributed by atoms with Crippen molar-refractivity contribution in [2.75, 3.05) is 13.7 Å². The normalized spacial score (nSPS) is 14.6. The molecule has 0 aliphatic rings. The summed E-state index contributed by atoms with van der Waals surface area (Å²) >= 11 is 0. The van der Waals surface area contributed by atoms with Gasteiger partial charge < -0.3 is 15.2 Å². The molecular formula is C12H18FNO2. The van der Waals surface area contributed by atoms with Crippen LogP contribution in [0.4, 0.5) is 4.39 Å². The third-order valence-corrected chi connectivity index (χ3v) is 2.34. The Balaban J connectivity index is 2.78. The molecule has 0 fully saturated rings. The van der Waals surface area contributed by atoms with Crippen molar-refractivity contribution in [3.8, 4) is 5.75 Å². The highest BCUT2D eigenvalue weighted by Gasteiger charge is 2.10. The van der Waals surface area contributed by atoms with Crippen LogP contribution in [0.3, 0.4) is 0 Å². The van der Waals surface area contributed by atoms with E-state index in [9.17, 15) is 4.39 Å². The topological polar surface area (TPSA) is 44.5 Å². The van der Waals surface area contributed by atoms with Crippen molar-refractivity contribution in [1.82, 2.24) is 0 Å². The Bertz CT molecular complexity index is 342. The van der Waals surface area contributed by atoms with Crippen molar-refractivity contribution in [2.24, 2.45) is 5.73 Å². The number of hydrogen-bond acceptors (Lipinski definition) is 3. The summed E-state index contributed by atoms with van der Waals surface area (Å²) in [7, 11) is 1.62. The van der Waals surface area contributed by atoms with Crippen LogP contribution in [-0.4, -0.2) is 19.8 Å². The predicted molar refractivity (Wildman–Crippen MR) is 61.0 cm³/mol. The molecule has 0 aromatic heterocycles. The highest BCUT2D eigenvalue weighted by Crippen LogP contribution is 2.24. The van der Waals surface area contributed by atoms with Gasteiger partial charge in [-0.05, 0) is 32.0 Å². The highest BCUT2D eigenvalue weighted by molar-refractivity contribution is 5.36. The summed E-state index contributed by atoms with van der Waals surface area (Å²) in [6.07, 6.45) is -0.00835. The van der Waals surface area contributed by atoms with Crippen LogP contribution in [0.1, 0.15) is 25.5 Å². The number of benzene rings is 1. The van der Waals surface area contributed by atoms with Gasteiger partial charge in [-0.3, -0.25) is 0 Å². The zero-order valence-electron chi connectivity index (χ0n) is 9.87. The van der Waals surface area contributed by atoms with Gasteiger partial charge in [0, 0.05) is 18.7 Å². The largest absolute Gasteiger partial charge is 0.491 e. The molecule has 3 nitrogen and oxygen atoms in total. The van der Waals surface area contributed by atoms with Gasteiger partial charge >= 0.3 is 0 Å². The molecule has 90 valence electrons. The van der Waals surface area contributed by atoms with Gasteiger partial charge in [0.15, 0.2) is 0 Å². The molecule has 1 aromatic carbocycles. The van der Waals surface area contributed by atoms with Gasteiger partial charge in [0.1, 0.15) is 18.2 Å². The number of methoxy groups -OCH3 is 1. The van der Waals surface area contributed by atoms with E-state index in [0.29, 0.717) is 17.9 Å². The Kier molecular flexibility index (Phi) is 4.71. The van der Waals surface area contributed by atoms with Gasteiger partial charge in [-0.1, -0.05) is 0 Å². The number of hydrogen-bond donors (Lipinski definition) is 1. The summed E-state index contributed by atoms with van der Waals surface area (Å²) in [5.74, 6) is 0.305. The van der Waals surface area contributed by atoms with Crippen LogP contribution in [0.25, 0.3) is 0 Å². The van der Waals surface area contributed by atoms with Crippen LogP contribution in [0.15, 0.2) is 18.2 Å². The summed E-state index contributed by atoms with van der Waals surface area (Å²) in [6, 6.07) is 4.09. The van der Waals surface area contributed by atoms with Crippen LogP contribution >= 0.6 is 0 Å². The second-order valence-electron chi connectivity index (χ2n) is 3.83. The number of halogens is 1. The molecular weight excluding hydrogens is 209 g/mol. The van der Waals surface area contributed by atoms with E-state index < -0.39 is 0 Å². The lowest BCUT2D eigenvalue weighted by atomic mass is 10.1. The Morgan fingerprint density at radius 3 is 2.62 bits per heavy atom. The summed E-state index contributed by atoms with van der Waals surface area (Å²) in [5, 5.41) is 0. The molecule has 0 saturated carbocycles. The smallest absolute Gasteiger partial charge is 0.124 e. The van der Waals surface area contributed by atoms with Crippen molar-refractivity contribution in [1.29, 1.82) is 0 Å². The molecule has 16 heavy (non-hydrogen) atoms. The van der Waals surface area contributed by atoms with Crippen molar-refractivity contribution >= 4 is 0 Å². The molecule has 1 rings (SSSR count). The van der Waals surface area contributed by atoms with E-state index in [1.165, 1.54) is 12.1 Å². The lowest BCUT2D eigenvalue weighted by Gasteiger charge is -2.16. The first-order valence-corrected chi connectivity index (χ1v) is 5.25. The molecule has 2 atom stereocenters. The molecule has 2 N–H and O–H groups in total. The Hall–Kier alpha value is -1.13. The molecule has 0 aliphatic heterocycles. The first-order chi connectivity index (χ1) is 7.54. The first-order valence-electron chi connectivity index (χ1n) is 5.25. The molecule has 0 radical (unpaired) electrons. The van der Waals surface area contributed by atoms with Gasteiger partial charge in [0.2, 0.25) is 0 Å². The summed E-state index contributed by atoms with van der Waals surface area (Å²) < 4.78 is 23.6. The van der Waals surface area contributed by atoms with Crippen molar-refractivity contribution in [3.05, 3.63) is 29.6 Å². The molecule has 1 unspecified atom stereocenters. The van der Waals surface area contributed by atoms with E-state index in [1.54, 1.807) is 20.1 Å². The fraction of sp³-hybridized carbons (Fsp3) is 0.500. The molecule has 0 amide bonds. The fourth-order valence-corrected chi connectivity index (χ4v) is 1.28. The minimum absolute atomic E-state index is 0.00835. The van der Waals surface area contributed by atoms with Gasteiger partial charge in [-0.15, -0.1) is 0 Å². The molecule has 0 bridgehead atoms. The number of rotatable bonds is 5. The monoisotopic (exact) mass is 227 g/mol. The van der Waals surface area contributed by atoms with E-state index in [4.69, 9.17) is 15.2 Å². The van der Waals surface area contributed by atoms with Crippen molar-refractivity contribution < 1.29 is 13.9 Å². The first kappa shape index (κ1) is 12.9. The maximum Gasteiger partial charge on any atom is 0.124 e. The second-order valence-corrected chi connectivity index (χ2v) is 3.83. The zero-order valence-corrected chi connectivity index (χ0v) is 9.87. The highest BCUT2D eigenvalue weighted by atomic mass is 19.1. The lowest BCUT2D eigenvalue weighted by molar-refractivity contribution is 0.0711. The Labute approximate surface area is 95.4 Å². The summed E-state index contributed by atoms with van der Waals surface area (Å²) in [6.45, 7) is 4.11. The van der Waals surface area contributed by atoms with Gasteiger partial charge in [-0.2, -0.15) is 0 Å². The standard InChI is InChI=1S/C12H18FNO2/c1-8(15-3)7-16-12-5-4-10(13)6-11(12)9(2)14/h4-6,8-9H,7,14H2,1-3H3/t8?,9-/m1/s1. The molecule has 0 spiro atoms. The van der Waals surface area contributed by atoms with E-state index >= 15 is 0 Å². The van der Waals surface area contributed by atoms with E-state index in [1.807, 2.05) is 6.92 Å². The van der Waals surface area contributed by atoms with E-state index in [2.05, 4.69) is 0 Å². The maximum absolute atomic E-state index is 13.0. The average Bonchev–Trinajstić information content (AvgIpc) is 2.26. The third-order valence-electron chi connectivity index (χ3n) is 2.34. The van der Waals surface area contributed by atoms with Crippen LogP contribution in [-0.2, 0) is 4.74 Å². The number of nitrogens with two attached hydrogens (primary N) is 1. The minimum atomic E-state index is -0.306. The SMILES string of the molecule is COC(C)COc1ccc(F)cc1[C@@H](C)N. The molecule has 4 heteroatoms. The molecule has 0 saturated heterocycles. The van der Waals surface area contributed by atoms with Crippen molar-refractivity contribution in [2.45, 2.75) is 26.0 Å². The fourth-order valence-electron chi connectivity index (χ4n) is 1.28. The van der Waals surface area contributed by atoms with Gasteiger partial charge in [0.25, 0.3) is 0 Å².